The van der Waals surface area contributed by atoms with Crippen LogP contribution in [-0.4, -0.2) is 38.9 Å². The summed E-state index contributed by atoms with van der Waals surface area (Å²) < 4.78 is 36.2. The van der Waals surface area contributed by atoms with Crippen molar-refractivity contribution in [3.8, 4) is 17.4 Å². The fourth-order valence-corrected chi connectivity index (χ4v) is 3.44. The highest BCUT2D eigenvalue weighted by molar-refractivity contribution is 5.87. The third-order valence-corrected chi connectivity index (χ3v) is 5.19. The number of nitrogens with zero attached hydrogens (tertiary/aromatic N) is 2. The van der Waals surface area contributed by atoms with E-state index in [1.54, 1.807) is 21.1 Å². The van der Waals surface area contributed by atoms with E-state index < -0.39 is 11.8 Å². The molecule has 3 rings (SSSR count). The predicted octanol–water partition coefficient (Wildman–Crippen LogP) is 5.03. The number of carbonyl (C=O) groups is 1. The number of methoxy groups -OCH3 is 3. The number of anilines is 1. The Morgan fingerprint density at radius 3 is 1.91 bits per heavy atom. The van der Waals surface area contributed by atoms with Crippen LogP contribution in [0.2, 0.25) is 0 Å². The van der Waals surface area contributed by atoms with Gasteiger partial charge in [0.15, 0.2) is 11.6 Å². The smallest absolute Gasteiger partial charge is 0.330 e. The van der Waals surface area contributed by atoms with E-state index in [1.807, 2.05) is 53.4 Å². The first-order valence-corrected chi connectivity index (χ1v) is 11.1. The minimum absolute atomic E-state index is 0.127. The van der Waals surface area contributed by atoms with E-state index in [1.165, 1.54) is 25.3 Å². The Labute approximate surface area is 204 Å². The highest BCUT2D eigenvalue weighted by Crippen LogP contribution is 2.29. The normalized spacial score (nSPS) is 10.8. The maximum Gasteiger partial charge on any atom is 0.330 e. The summed E-state index contributed by atoms with van der Waals surface area (Å²) in [5.74, 6) is 0.715. The molecule has 8 heteroatoms. The Morgan fingerprint density at radius 2 is 1.46 bits per heavy atom. The number of esters is 1. The van der Waals surface area contributed by atoms with Crippen LogP contribution in [0.3, 0.4) is 0 Å². The van der Waals surface area contributed by atoms with E-state index >= 15 is 4.39 Å². The molecule has 0 fully saturated rings. The van der Waals surface area contributed by atoms with Gasteiger partial charge in [-0.1, -0.05) is 24.3 Å². The van der Waals surface area contributed by atoms with E-state index in [2.05, 4.69) is 4.98 Å². The third-order valence-electron chi connectivity index (χ3n) is 5.19. The first kappa shape index (κ1) is 25.6. The zero-order valence-corrected chi connectivity index (χ0v) is 20.3. The van der Waals surface area contributed by atoms with Crippen LogP contribution in [0.25, 0.3) is 6.08 Å². The van der Waals surface area contributed by atoms with Crippen molar-refractivity contribution in [2.45, 2.75) is 20.0 Å². The number of halogens is 1. The van der Waals surface area contributed by atoms with Crippen LogP contribution >= 0.6 is 0 Å². The largest absolute Gasteiger partial charge is 0.497 e. The Hall–Kier alpha value is -4.07. The predicted molar refractivity (Wildman–Crippen MR) is 132 cm³/mol. The molecule has 0 aliphatic carbocycles. The van der Waals surface area contributed by atoms with Crippen molar-refractivity contribution in [2.24, 2.45) is 0 Å². The molecule has 1 aromatic heterocycles. The fourth-order valence-electron chi connectivity index (χ4n) is 3.44. The summed E-state index contributed by atoms with van der Waals surface area (Å²) in [7, 11) is 4.66. The van der Waals surface area contributed by atoms with Gasteiger partial charge in [-0.25, -0.2) is 9.18 Å². The summed E-state index contributed by atoms with van der Waals surface area (Å²) in [6.07, 6.45) is 2.64. The summed E-state index contributed by atoms with van der Waals surface area (Å²) in [5, 5.41) is 0. The van der Waals surface area contributed by atoms with Gasteiger partial charge in [0.1, 0.15) is 11.5 Å². The molecule has 0 bridgehead atoms. The lowest BCUT2D eigenvalue weighted by molar-refractivity contribution is -0.137. The first-order chi connectivity index (χ1) is 17.0. The molecule has 0 aliphatic rings. The number of carbonyl (C=O) groups excluding carboxylic acids is 1. The number of rotatable bonds is 11. The highest BCUT2D eigenvalue weighted by Gasteiger charge is 2.19. The van der Waals surface area contributed by atoms with Gasteiger partial charge in [-0.2, -0.15) is 4.98 Å². The Bertz CT molecular complexity index is 1100. The Balaban J connectivity index is 1.97. The molecule has 0 N–H and O–H groups in total. The minimum Gasteiger partial charge on any atom is -0.497 e. The monoisotopic (exact) mass is 480 g/mol. The van der Waals surface area contributed by atoms with Crippen molar-refractivity contribution < 1.29 is 28.1 Å². The summed E-state index contributed by atoms with van der Waals surface area (Å²) in [5.41, 5.74) is 2.23. The molecule has 0 atom stereocenters. The lowest BCUT2D eigenvalue weighted by Gasteiger charge is -2.25. The van der Waals surface area contributed by atoms with Crippen molar-refractivity contribution in [1.82, 2.24) is 4.98 Å². The summed E-state index contributed by atoms with van der Waals surface area (Å²) >= 11 is 0. The third kappa shape index (κ3) is 6.96. The van der Waals surface area contributed by atoms with E-state index in [-0.39, 0.29) is 18.3 Å². The molecule has 0 radical (unpaired) electrons. The molecular formula is C27H29FN2O5. The molecule has 0 spiro atoms. The second-order valence-corrected chi connectivity index (χ2v) is 7.53. The summed E-state index contributed by atoms with van der Waals surface area (Å²) in [6, 6.07) is 16.4. The van der Waals surface area contributed by atoms with E-state index in [0.29, 0.717) is 18.7 Å². The Morgan fingerprint density at radius 1 is 0.914 bits per heavy atom. The topological polar surface area (TPSA) is 70.1 Å². The van der Waals surface area contributed by atoms with E-state index in [0.717, 1.165) is 22.6 Å². The molecule has 3 aromatic rings. The SMILES string of the molecule is CCOC(=O)/C=C/c1cc(F)c(N(Cc2ccc(OC)cc2)Cc2ccc(OC)cc2)nc1OC. The molecule has 0 amide bonds. The van der Waals surface area contributed by atoms with Crippen LogP contribution in [0.5, 0.6) is 17.4 Å². The summed E-state index contributed by atoms with van der Waals surface area (Å²) in [6.45, 7) is 2.74. The first-order valence-electron chi connectivity index (χ1n) is 11.1. The van der Waals surface area contributed by atoms with Crippen molar-refractivity contribution in [3.63, 3.8) is 0 Å². The van der Waals surface area contributed by atoms with Crippen molar-refractivity contribution in [1.29, 1.82) is 0 Å². The molecular weight excluding hydrogens is 451 g/mol. The van der Waals surface area contributed by atoms with Crippen molar-refractivity contribution in [3.05, 3.63) is 83.2 Å². The number of aromatic nitrogens is 1. The number of pyridine rings is 1. The van der Waals surface area contributed by atoms with Gasteiger partial charge in [0.2, 0.25) is 5.88 Å². The van der Waals surface area contributed by atoms with Gasteiger partial charge < -0.3 is 23.8 Å². The van der Waals surface area contributed by atoms with Crippen molar-refractivity contribution >= 4 is 17.9 Å². The quantitative estimate of drug-likeness (QED) is 0.282. The average Bonchev–Trinajstić information content (AvgIpc) is 2.88. The lowest BCUT2D eigenvalue weighted by Crippen LogP contribution is -2.24. The maximum atomic E-state index is 15.4. The van der Waals surface area contributed by atoms with Crippen LogP contribution in [0, 0.1) is 5.82 Å². The highest BCUT2D eigenvalue weighted by atomic mass is 19.1. The second-order valence-electron chi connectivity index (χ2n) is 7.53. The second kappa shape index (κ2) is 12.4. The molecule has 0 unspecified atom stereocenters. The standard InChI is InChI=1S/C27H29FN2O5/c1-5-35-25(31)15-10-21-16-24(28)26(29-27(21)34-4)30(17-19-6-11-22(32-2)12-7-19)18-20-8-13-23(33-3)14-9-20/h6-16H,5,17-18H2,1-4H3/b15-10+. The maximum absolute atomic E-state index is 15.4. The van der Waals surface area contributed by atoms with Gasteiger partial charge in [-0.3, -0.25) is 0 Å². The van der Waals surface area contributed by atoms with Gasteiger partial charge in [-0.05, 0) is 54.5 Å². The fraction of sp³-hybridized carbons (Fsp3) is 0.259. The van der Waals surface area contributed by atoms with Gasteiger partial charge in [0.25, 0.3) is 0 Å². The Kier molecular flexibility index (Phi) is 9.06. The molecule has 2 aromatic carbocycles. The molecule has 0 aliphatic heterocycles. The van der Waals surface area contributed by atoms with Crippen molar-refractivity contribution in [2.75, 3.05) is 32.8 Å². The molecule has 0 saturated carbocycles. The van der Waals surface area contributed by atoms with Gasteiger partial charge in [0.05, 0.1) is 27.9 Å². The average molecular weight is 481 g/mol. The lowest BCUT2D eigenvalue weighted by atomic mass is 10.1. The van der Waals surface area contributed by atoms with Crippen LogP contribution in [0.1, 0.15) is 23.6 Å². The van der Waals surface area contributed by atoms with Crippen LogP contribution in [-0.2, 0) is 22.6 Å². The molecule has 0 saturated heterocycles. The minimum atomic E-state index is -0.545. The molecule has 7 nitrogen and oxygen atoms in total. The van der Waals surface area contributed by atoms with E-state index in [4.69, 9.17) is 18.9 Å². The zero-order chi connectivity index (χ0) is 25.2. The molecule has 35 heavy (non-hydrogen) atoms. The van der Waals surface area contributed by atoms with Gasteiger partial charge >= 0.3 is 5.97 Å². The molecule has 184 valence electrons. The zero-order valence-electron chi connectivity index (χ0n) is 20.3. The van der Waals surface area contributed by atoms with Crippen LogP contribution in [0.15, 0.2) is 60.7 Å². The van der Waals surface area contributed by atoms with Gasteiger partial charge in [0, 0.05) is 24.7 Å². The number of benzene rings is 2. The van der Waals surface area contributed by atoms with Gasteiger partial charge in [-0.15, -0.1) is 0 Å². The van der Waals surface area contributed by atoms with Crippen LogP contribution < -0.4 is 19.1 Å². The summed E-state index contributed by atoms with van der Waals surface area (Å²) in [4.78, 5) is 18.0. The molecule has 1 heterocycles. The number of hydrogen-bond donors (Lipinski definition) is 0. The van der Waals surface area contributed by atoms with E-state index in [9.17, 15) is 4.79 Å². The van der Waals surface area contributed by atoms with Crippen LogP contribution in [0.4, 0.5) is 10.2 Å². The number of hydrogen-bond acceptors (Lipinski definition) is 7. The number of ether oxygens (including phenoxy) is 4.